The van der Waals surface area contributed by atoms with Gasteiger partial charge < -0.3 is 18.8 Å². The number of hydrogen-bond acceptors (Lipinski definition) is 4. The second-order valence-electron chi connectivity index (χ2n) is 3.87. The molecule has 4 nitrogen and oxygen atoms in total. The fraction of sp³-hybridized carbons (Fsp3) is 0.143. The van der Waals surface area contributed by atoms with Crippen LogP contribution in [0.2, 0.25) is 10.0 Å². The smallest absolute Gasteiger partial charge is 0.523 e. The monoisotopic (exact) mass is 325 g/mol. The summed E-state index contributed by atoms with van der Waals surface area (Å²) in [6, 6.07) is 10.3. The van der Waals surface area contributed by atoms with Crippen molar-refractivity contribution >= 4 is 30.9 Å². The minimum atomic E-state index is 0.354. The van der Waals surface area contributed by atoms with E-state index in [1.807, 2.05) is 0 Å². The van der Waals surface area contributed by atoms with Crippen molar-refractivity contribution in [2.45, 2.75) is 0 Å². The van der Waals surface area contributed by atoms with Crippen LogP contribution in [0.25, 0.3) is 0 Å². The Labute approximate surface area is 133 Å². The van der Waals surface area contributed by atoms with Crippen LogP contribution >= 0.6 is 23.2 Å². The van der Waals surface area contributed by atoms with Crippen LogP contribution in [0.1, 0.15) is 0 Å². The zero-order chi connectivity index (χ0) is 15.2. The van der Waals surface area contributed by atoms with Crippen molar-refractivity contribution in [3.05, 3.63) is 46.4 Å². The molecule has 0 fully saturated rings. The van der Waals surface area contributed by atoms with Gasteiger partial charge in [-0.25, -0.2) is 0 Å². The van der Waals surface area contributed by atoms with Crippen LogP contribution in [0.15, 0.2) is 36.4 Å². The number of methoxy groups -OCH3 is 2. The highest BCUT2D eigenvalue weighted by Gasteiger charge is 2.14. The zero-order valence-electron chi connectivity index (χ0n) is 11.4. The maximum absolute atomic E-state index is 6.05. The Balaban J connectivity index is 2.09. The maximum Gasteiger partial charge on any atom is 0.658 e. The highest BCUT2D eigenvalue weighted by molar-refractivity contribution is 6.34. The maximum atomic E-state index is 6.05. The predicted octanol–water partition coefficient (Wildman–Crippen LogP) is 4.00. The lowest BCUT2D eigenvalue weighted by Crippen LogP contribution is -2.12. The van der Waals surface area contributed by atoms with Gasteiger partial charge in [-0.2, -0.15) is 0 Å². The Hall–Kier alpha value is -1.72. The molecule has 2 rings (SSSR count). The van der Waals surface area contributed by atoms with Crippen molar-refractivity contribution in [2.75, 3.05) is 14.2 Å². The molecule has 0 N–H and O–H groups in total. The van der Waals surface area contributed by atoms with E-state index < -0.39 is 0 Å². The molecule has 0 aliphatic heterocycles. The molecule has 1 radical (unpaired) electrons. The van der Waals surface area contributed by atoms with E-state index in [4.69, 9.17) is 42.0 Å². The van der Waals surface area contributed by atoms with Crippen LogP contribution in [0.4, 0.5) is 0 Å². The third kappa shape index (κ3) is 3.68. The first-order valence-corrected chi connectivity index (χ1v) is 6.73. The molecule has 0 saturated carbocycles. The molecule has 0 aliphatic rings. The molecule has 0 atom stereocenters. The summed E-state index contributed by atoms with van der Waals surface area (Å²) in [6.45, 7) is 0. The molecule has 109 valence electrons. The van der Waals surface area contributed by atoms with Crippen molar-refractivity contribution < 1.29 is 18.8 Å². The average molecular weight is 326 g/mol. The van der Waals surface area contributed by atoms with Crippen LogP contribution in [-0.4, -0.2) is 21.9 Å². The minimum absolute atomic E-state index is 0.354. The van der Waals surface area contributed by atoms with Crippen molar-refractivity contribution in [3.63, 3.8) is 0 Å². The summed E-state index contributed by atoms with van der Waals surface area (Å²) in [5, 5.41) is 0.806. The van der Waals surface area contributed by atoms with Crippen LogP contribution in [-0.2, 0) is 0 Å². The summed E-state index contributed by atoms with van der Waals surface area (Å²) in [5.41, 5.74) is 0. The van der Waals surface area contributed by atoms with Gasteiger partial charge >= 0.3 is 7.69 Å². The number of hydrogen-bond donors (Lipinski definition) is 0. The lowest BCUT2D eigenvalue weighted by Gasteiger charge is -2.13. The molecule has 0 spiro atoms. The van der Waals surface area contributed by atoms with Crippen LogP contribution < -0.4 is 18.8 Å². The van der Waals surface area contributed by atoms with E-state index in [9.17, 15) is 0 Å². The van der Waals surface area contributed by atoms with Gasteiger partial charge in [0.1, 0.15) is 0 Å². The first-order chi connectivity index (χ1) is 10.2. The third-order valence-corrected chi connectivity index (χ3v) is 3.23. The van der Waals surface area contributed by atoms with Gasteiger partial charge in [-0.1, -0.05) is 35.3 Å². The van der Waals surface area contributed by atoms with Gasteiger partial charge in [0.15, 0.2) is 23.0 Å². The SMILES string of the molecule is COc1cccc(Cl)c1O[B]Oc1c(Cl)cccc1OC. The van der Waals surface area contributed by atoms with E-state index in [2.05, 4.69) is 0 Å². The quantitative estimate of drug-likeness (QED) is 0.752. The van der Waals surface area contributed by atoms with Crippen molar-refractivity contribution in [1.29, 1.82) is 0 Å². The number of benzene rings is 2. The summed E-state index contributed by atoms with van der Waals surface area (Å²) in [7, 11) is 4.17. The third-order valence-electron chi connectivity index (χ3n) is 2.63. The Morgan fingerprint density at radius 1 is 0.762 bits per heavy atom. The van der Waals surface area contributed by atoms with E-state index in [0.717, 1.165) is 7.69 Å². The van der Waals surface area contributed by atoms with Crippen LogP contribution in [0.3, 0.4) is 0 Å². The van der Waals surface area contributed by atoms with Gasteiger partial charge in [0.2, 0.25) is 0 Å². The molecular formula is C14H12BCl2O4. The largest absolute Gasteiger partial charge is 0.658 e. The predicted molar refractivity (Wildman–Crippen MR) is 83.0 cm³/mol. The molecular weight excluding hydrogens is 314 g/mol. The number of ether oxygens (including phenoxy) is 2. The van der Waals surface area contributed by atoms with Gasteiger partial charge in [0.25, 0.3) is 0 Å². The van der Waals surface area contributed by atoms with Gasteiger partial charge in [-0.3, -0.25) is 0 Å². The van der Waals surface area contributed by atoms with Gasteiger partial charge in [-0.15, -0.1) is 0 Å². The number of para-hydroxylation sites is 2. The fourth-order valence-corrected chi connectivity index (χ4v) is 2.07. The Morgan fingerprint density at radius 2 is 1.19 bits per heavy atom. The molecule has 0 aliphatic carbocycles. The molecule has 0 saturated heterocycles. The Bertz CT molecular complexity index is 568. The van der Waals surface area contributed by atoms with E-state index in [0.29, 0.717) is 33.0 Å². The number of halogens is 2. The highest BCUT2D eigenvalue weighted by Crippen LogP contribution is 2.36. The summed E-state index contributed by atoms with van der Waals surface area (Å²) in [4.78, 5) is 0. The Kier molecular flexibility index (Phi) is 5.48. The summed E-state index contributed by atoms with van der Waals surface area (Å²) < 4.78 is 21.1. The van der Waals surface area contributed by atoms with Gasteiger partial charge in [0, 0.05) is 0 Å². The molecule has 0 unspecified atom stereocenters. The first-order valence-electron chi connectivity index (χ1n) is 5.97. The van der Waals surface area contributed by atoms with Crippen molar-refractivity contribution in [2.24, 2.45) is 0 Å². The van der Waals surface area contributed by atoms with E-state index in [1.54, 1.807) is 36.4 Å². The highest BCUT2D eigenvalue weighted by atomic mass is 35.5. The summed E-state index contributed by atoms with van der Waals surface area (Å²) in [5.74, 6) is 1.70. The average Bonchev–Trinajstić information content (AvgIpc) is 2.50. The summed E-state index contributed by atoms with van der Waals surface area (Å²) in [6.07, 6.45) is 0. The van der Waals surface area contributed by atoms with E-state index >= 15 is 0 Å². The lowest BCUT2D eigenvalue weighted by atomic mass is 10.2. The Morgan fingerprint density at radius 3 is 1.57 bits per heavy atom. The topological polar surface area (TPSA) is 36.9 Å². The zero-order valence-corrected chi connectivity index (χ0v) is 12.9. The van der Waals surface area contributed by atoms with Crippen molar-refractivity contribution in [1.82, 2.24) is 0 Å². The van der Waals surface area contributed by atoms with E-state index in [-0.39, 0.29) is 0 Å². The van der Waals surface area contributed by atoms with Crippen molar-refractivity contribution in [3.8, 4) is 23.0 Å². The standard InChI is InChI=1S/C14H12BCl2O4/c1-18-11-7-3-5-9(16)13(11)20-15-21-14-10(17)6-4-8-12(14)19-2/h3-8H,1-2H3. The van der Waals surface area contributed by atoms with E-state index in [1.165, 1.54) is 14.2 Å². The second kappa shape index (κ2) is 7.34. The normalized spacial score (nSPS) is 9.90. The lowest BCUT2D eigenvalue weighted by molar-refractivity contribution is 0.370. The van der Waals surface area contributed by atoms with Gasteiger partial charge in [0.05, 0.1) is 24.3 Å². The fourth-order valence-electron chi connectivity index (χ4n) is 1.65. The van der Waals surface area contributed by atoms with Gasteiger partial charge in [-0.05, 0) is 24.3 Å². The molecule has 2 aromatic rings. The molecule has 0 aromatic heterocycles. The van der Waals surface area contributed by atoms with Crippen LogP contribution in [0, 0.1) is 0 Å². The molecule has 21 heavy (non-hydrogen) atoms. The summed E-state index contributed by atoms with van der Waals surface area (Å²) >= 11 is 12.1. The van der Waals surface area contributed by atoms with Crippen LogP contribution in [0.5, 0.6) is 23.0 Å². The molecule has 0 amide bonds. The first kappa shape index (κ1) is 15.7. The molecule has 2 aromatic carbocycles. The molecule has 7 heteroatoms. The number of rotatable bonds is 6. The molecule has 0 heterocycles. The molecule has 0 bridgehead atoms. The minimum Gasteiger partial charge on any atom is -0.523 e. The second-order valence-corrected chi connectivity index (χ2v) is 4.69.